The van der Waals surface area contributed by atoms with Gasteiger partial charge in [0.1, 0.15) is 11.6 Å². The summed E-state index contributed by atoms with van der Waals surface area (Å²) in [4.78, 5) is 20.2. The third-order valence-corrected chi connectivity index (χ3v) is 4.99. The lowest BCUT2D eigenvalue weighted by Gasteiger charge is -2.13. The highest BCUT2D eigenvalue weighted by atomic mass is 32.2. The van der Waals surface area contributed by atoms with Crippen molar-refractivity contribution in [2.75, 3.05) is 25.3 Å². The molecule has 2 heterocycles. The molecule has 0 aliphatic heterocycles. The molecular formula is C20H21FN4O3S. The van der Waals surface area contributed by atoms with Crippen LogP contribution in [-0.4, -0.2) is 44.6 Å². The van der Waals surface area contributed by atoms with Crippen LogP contribution in [0.15, 0.2) is 47.8 Å². The fourth-order valence-corrected chi connectivity index (χ4v) is 3.68. The summed E-state index contributed by atoms with van der Waals surface area (Å²) >= 11 is 0. The number of nitrogens with zero attached hydrogens (tertiary/aromatic N) is 3. The number of pyridine rings is 1. The molecule has 0 aliphatic carbocycles. The number of imidazole rings is 1. The number of hydrogen-bond acceptors (Lipinski definition) is 5. The molecule has 0 fully saturated rings. The lowest BCUT2D eigenvalue weighted by Crippen LogP contribution is -2.11. The smallest absolute Gasteiger partial charge is 0.222 e. The number of carbonyl (C=O) groups is 1. The van der Waals surface area contributed by atoms with E-state index >= 15 is 0 Å². The summed E-state index contributed by atoms with van der Waals surface area (Å²) < 4.78 is 32.9. The van der Waals surface area contributed by atoms with Gasteiger partial charge in [0, 0.05) is 44.2 Å². The Morgan fingerprint density at radius 2 is 1.97 bits per heavy atom. The molecular weight excluding hydrogens is 395 g/mol. The second kappa shape index (κ2) is 9.06. The summed E-state index contributed by atoms with van der Waals surface area (Å²) in [6.45, 7) is 2.21. The third-order valence-electron chi connectivity index (χ3n) is 4.16. The number of ether oxygens (including phenoxy) is 1. The van der Waals surface area contributed by atoms with E-state index in [0.29, 0.717) is 41.1 Å². The molecule has 2 aromatic heterocycles. The van der Waals surface area contributed by atoms with Gasteiger partial charge in [0.2, 0.25) is 5.91 Å². The van der Waals surface area contributed by atoms with Gasteiger partial charge < -0.3 is 14.6 Å². The number of methoxy groups -OCH3 is 1. The lowest BCUT2D eigenvalue weighted by atomic mass is 10.1. The molecule has 0 saturated heterocycles. The molecule has 3 rings (SSSR count). The van der Waals surface area contributed by atoms with Crippen molar-refractivity contribution in [3.05, 3.63) is 48.4 Å². The van der Waals surface area contributed by atoms with Gasteiger partial charge in [-0.3, -0.25) is 9.00 Å². The Morgan fingerprint density at radius 1 is 1.24 bits per heavy atom. The van der Waals surface area contributed by atoms with Crippen LogP contribution in [0.25, 0.3) is 22.5 Å². The number of rotatable bonds is 7. The molecule has 1 amide bonds. The second-order valence-corrected chi connectivity index (χ2v) is 7.58. The van der Waals surface area contributed by atoms with Gasteiger partial charge in [-0.25, -0.2) is 14.4 Å². The molecule has 1 atom stereocenters. The summed E-state index contributed by atoms with van der Waals surface area (Å²) in [6, 6.07) is 9.45. The zero-order valence-corrected chi connectivity index (χ0v) is 17.1. The van der Waals surface area contributed by atoms with Crippen molar-refractivity contribution in [3.8, 4) is 22.5 Å². The SMILES string of the molecule is COCCn1c(S(C)=O)nc(-c2ccc(F)cc2)c1-c1ccnc(NC(C)=O)c1. The molecule has 7 nitrogen and oxygen atoms in total. The highest BCUT2D eigenvalue weighted by molar-refractivity contribution is 7.84. The van der Waals surface area contributed by atoms with Crippen molar-refractivity contribution >= 4 is 22.5 Å². The third kappa shape index (κ3) is 4.75. The number of anilines is 1. The number of nitrogens with one attached hydrogen (secondary N) is 1. The fraction of sp³-hybridized carbons (Fsp3) is 0.250. The van der Waals surface area contributed by atoms with Crippen molar-refractivity contribution in [2.45, 2.75) is 18.6 Å². The molecule has 1 aromatic carbocycles. The van der Waals surface area contributed by atoms with Gasteiger partial charge in [-0.1, -0.05) is 0 Å². The number of hydrogen-bond donors (Lipinski definition) is 1. The highest BCUT2D eigenvalue weighted by Crippen LogP contribution is 2.34. The summed E-state index contributed by atoms with van der Waals surface area (Å²) in [6.07, 6.45) is 3.13. The minimum atomic E-state index is -1.36. The van der Waals surface area contributed by atoms with Crippen LogP contribution in [0.4, 0.5) is 10.2 Å². The van der Waals surface area contributed by atoms with Gasteiger partial charge in [0.15, 0.2) is 5.16 Å². The van der Waals surface area contributed by atoms with Crippen LogP contribution in [0.5, 0.6) is 0 Å². The van der Waals surface area contributed by atoms with Gasteiger partial charge in [0.25, 0.3) is 0 Å². The van der Waals surface area contributed by atoms with Crippen molar-refractivity contribution < 1.29 is 18.1 Å². The summed E-state index contributed by atoms with van der Waals surface area (Å²) in [5.41, 5.74) is 2.66. The van der Waals surface area contributed by atoms with Gasteiger partial charge in [-0.2, -0.15) is 0 Å². The average molecular weight is 416 g/mol. The first kappa shape index (κ1) is 20.8. The van der Waals surface area contributed by atoms with E-state index < -0.39 is 10.8 Å². The van der Waals surface area contributed by atoms with Crippen molar-refractivity contribution in [1.82, 2.24) is 14.5 Å². The van der Waals surface area contributed by atoms with Gasteiger partial charge in [-0.05, 0) is 36.4 Å². The topological polar surface area (TPSA) is 86.1 Å². The Bertz CT molecular complexity index is 1050. The van der Waals surface area contributed by atoms with Gasteiger partial charge >= 0.3 is 0 Å². The highest BCUT2D eigenvalue weighted by Gasteiger charge is 2.22. The van der Waals surface area contributed by atoms with Crippen LogP contribution in [-0.2, 0) is 26.9 Å². The number of aromatic nitrogens is 3. The first-order valence-corrected chi connectivity index (χ1v) is 10.4. The van der Waals surface area contributed by atoms with Crippen molar-refractivity contribution in [2.24, 2.45) is 0 Å². The number of halogens is 1. The lowest BCUT2D eigenvalue weighted by molar-refractivity contribution is -0.114. The molecule has 0 aliphatic rings. The average Bonchev–Trinajstić information content (AvgIpc) is 3.06. The van der Waals surface area contributed by atoms with E-state index in [9.17, 15) is 13.4 Å². The maximum atomic E-state index is 13.4. The zero-order valence-electron chi connectivity index (χ0n) is 16.3. The number of amides is 1. The summed E-state index contributed by atoms with van der Waals surface area (Å²) in [5.74, 6) is -0.208. The molecule has 1 unspecified atom stereocenters. The van der Waals surface area contributed by atoms with E-state index in [1.54, 1.807) is 43.8 Å². The maximum Gasteiger partial charge on any atom is 0.222 e. The number of benzene rings is 1. The van der Waals surface area contributed by atoms with Gasteiger partial charge in [0.05, 0.1) is 28.8 Å². The van der Waals surface area contributed by atoms with Crippen molar-refractivity contribution in [1.29, 1.82) is 0 Å². The molecule has 0 bridgehead atoms. The monoisotopic (exact) mass is 416 g/mol. The van der Waals surface area contributed by atoms with E-state index in [4.69, 9.17) is 4.74 Å². The van der Waals surface area contributed by atoms with Crippen molar-refractivity contribution in [3.63, 3.8) is 0 Å². The number of carbonyl (C=O) groups excluding carboxylic acids is 1. The van der Waals surface area contributed by atoms with E-state index in [1.807, 2.05) is 4.57 Å². The van der Waals surface area contributed by atoms with Crippen LogP contribution in [0.3, 0.4) is 0 Å². The Morgan fingerprint density at radius 3 is 2.59 bits per heavy atom. The summed E-state index contributed by atoms with van der Waals surface area (Å²) in [7, 11) is 0.222. The molecule has 0 spiro atoms. The Hall–Kier alpha value is -2.91. The molecule has 0 saturated carbocycles. The molecule has 0 radical (unpaired) electrons. The van der Waals surface area contributed by atoms with E-state index in [-0.39, 0.29) is 11.7 Å². The molecule has 1 N–H and O–H groups in total. The standard InChI is InChI=1S/C20H21FN4O3S/c1-13(26)23-17-12-15(8-9-22-17)19-18(14-4-6-16(21)7-5-14)24-20(29(3)27)25(19)10-11-28-2/h4-9,12H,10-11H2,1-3H3,(H,22,23,26). The van der Waals surface area contributed by atoms with Crippen LogP contribution in [0.2, 0.25) is 0 Å². The zero-order chi connectivity index (χ0) is 21.0. The van der Waals surface area contributed by atoms with Crippen LogP contribution in [0, 0.1) is 5.82 Å². The Kier molecular flexibility index (Phi) is 6.50. The minimum absolute atomic E-state index is 0.239. The molecule has 152 valence electrons. The first-order chi connectivity index (χ1) is 13.9. The fourth-order valence-electron chi connectivity index (χ4n) is 2.97. The van der Waals surface area contributed by atoms with Gasteiger partial charge in [-0.15, -0.1) is 0 Å². The van der Waals surface area contributed by atoms with E-state index in [0.717, 1.165) is 5.56 Å². The van der Waals surface area contributed by atoms with Crippen LogP contribution < -0.4 is 5.32 Å². The molecule has 3 aromatic rings. The Balaban J connectivity index is 2.25. The summed E-state index contributed by atoms with van der Waals surface area (Å²) in [5, 5.41) is 3.04. The maximum absolute atomic E-state index is 13.4. The quantitative estimate of drug-likeness (QED) is 0.640. The largest absolute Gasteiger partial charge is 0.383 e. The van der Waals surface area contributed by atoms with Crippen LogP contribution >= 0.6 is 0 Å². The predicted octanol–water partition coefficient (Wildman–Crippen LogP) is 3.09. The van der Waals surface area contributed by atoms with E-state index in [2.05, 4.69) is 15.3 Å². The minimum Gasteiger partial charge on any atom is -0.383 e. The van der Waals surface area contributed by atoms with Crippen LogP contribution in [0.1, 0.15) is 6.92 Å². The normalized spacial score (nSPS) is 12.0. The molecule has 29 heavy (non-hydrogen) atoms. The first-order valence-electron chi connectivity index (χ1n) is 8.83. The molecule has 9 heteroatoms. The Labute approximate surface area is 170 Å². The second-order valence-electron chi connectivity index (χ2n) is 6.31. The predicted molar refractivity (Wildman–Crippen MR) is 109 cm³/mol. The van der Waals surface area contributed by atoms with E-state index in [1.165, 1.54) is 19.1 Å².